The zero-order chi connectivity index (χ0) is 10.8. The van der Waals surface area contributed by atoms with E-state index in [1.165, 1.54) is 0 Å². The first-order chi connectivity index (χ1) is 6.47. The fourth-order valence-electron chi connectivity index (χ4n) is 2.03. The maximum atomic E-state index is 11.1. The number of hydrogen-bond donors (Lipinski definition) is 1. The van der Waals surface area contributed by atoms with E-state index in [1.807, 2.05) is 13.0 Å². The molecule has 0 saturated carbocycles. The summed E-state index contributed by atoms with van der Waals surface area (Å²) in [6, 6.07) is 0. The molecule has 0 aromatic carbocycles. The predicted octanol–water partition coefficient (Wildman–Crippen LogP) is 3.15. The minimum Gasteiger partial charge on any atom is -0.508 e. The summed E-state index contributed by atoms with van der Waals surface area (Å²) in [6.07, 6.45) is 5.88. The molecule has 14 heavy (non-hydrogen) atoms. The zero-order valence-corrected chi connectivity index (χ0v) is 9.13. The third-order valence-corrected chi connectivity index (χ3v) is 2.70. The van der Waals surface area contributed by atoms with Gasteiger partial charge in [-0.2, -0.15) is 0 Å². The molecule has 0 aromatic heterocycles. The van der Waals surface area contributed by atoms with Crippen molar-refractivity contribution in [3.05, 3.63) is 23.5 Å². The van der Waals surface area contributed by atoms with Crippen molar-refractivity contribution in [1.29, 1.82) is 0 Å². The van der Waals surface area contributed by atoms with E-state index in [-0.39, 0.29) is 11.2 Å². The number of carbonyl (C=O) groups is 1. The number of carbonyl (C=O) groups excluding carboxylic acids is 1. The van der Waals surface area contributed by atoms with Gasteiger partial charge in [0.15, 0.2) is 0 Å². The molecule has 1 N–H and O–H groups in total. The highest BCUT2D eigenvalue weighted by Gasteiger charge is 2.27. The van der Waals surface area contributed by atoms with E-state index >= 15 is 0 Å². The average molecular weight is 194 g/mol. The van der Waals surface area contributed by atoms with Crippen LogP contribution in [-0.4, -0.2) is 10.9 Å². The van der Waals surface area contributed by atoms with Crippen molar-refractivity contribution in [3.8, 4) is 0 Å². The molecule has 1 rings (SSSR count). The molecule has 1 aliphatic rings. The fraction of sp³-hybridized carbons (Fsp3) is 0.583. The van der Waals surface area contributed by atoms with Crippen LogP contribution >= 0.6 is 0 Å². The van der Waals surface area contributed by atoms with E-state index in [0.29, 0.717) is 12.2 Å². The van der Waals surface area contributed by atoms with E-state index < -0.39 is 0 Å². The van der Waals surface area contributed by atoms with E-state index in [2.05, 4.69) is 6.92 Å². The lowest BCUT2D eigenvalue weighted by Gasteiger charge is -2.29. The molecule has 0 spiro atoms. The second-order valence-corrected chi connectivity index (χ2v) is 4.39. The first-order valence-electron chi connectivity index (χ1n) is 5.06. The average Bonchev–Trinajstić information content (AvgIpc) is 2.08. The predicted molar refractivity (Wildman–Crippen MR) is 57.1 cm³/mol. The highest BCUT2D eigenvalue weighted by Crippen LogP contribution is 2.37. The monoisotopic (exact) mass is 194 g/mol. The standard InChI is InChI=1S/C12H18O2/c1-4-10-8-12(3,7-9(2)13)6-5-11(10)14/h5-6,14H,4,7-8H2,1-3H3. The summed E-state index contributed by atoms with van der Waals surface area (Å²) in [5, 5.41) is 9.54. The summed E-state index contributed by atoms with van der Waals surface area (Å²) in [7, 11) is 0. The van der Waals surface area contributed by atoms with Crippen molar-refractivity contribution in [3.63, 3.8) is 0 Å². The van der Waals surface area contributed by atoms with Gasteiger partial charge in [0.1, 0.15) is 11.5 Å². The summed E-state index contributed by atoms with van der Waals surface area (Å²) in [4.78, 5) is 11.1. The van der Waals surface area contributed by atoms with Crippen molar-refractivity contribution < 1.29 is 9.90 Å². The van der Waals surface area contributed by atoms with Crippen LogP contribution in [0.3, 0.4) is 0 Å². The van der Waals surface area contributed by atoms with Crippen LogP contribution in [0.2, 0.25) is 0 Å². The van der Waals surface area contributed by atoms with Gasteiger partial charge in [0.25, 0.3) is 0 Å². The van der Waals surface area contributed by atoms with Crippen LogP contribution in [0.15, 0.2) is 23.5 Å². The Morgan fingerprint density at radius 2 is 2.29 bits per heavy atom. The smallest absolute Gasteiger partial charge is 0.130 e. The number of aliphatic hydroxyl groups excluding tert-OH is 1. The molecule has 1 atom stereocenters. The molecule has 2 nitrogen and oxygen atoms in total. The molecule has 1 unspecified atom stereocenters. The van der Waals surface area contributed by atoms with E-state index in [1.54, 1.807) is 13.0 Å². The number of allylic oxidation sites excluding steroid dienone is 3. The molecular formula is C12H18O2. The Bertz CT molecular complexity index is 299. The highest BCUT2D eigenvalue weighted by atomic mass is 16.3. The summed E-state index contributed by atoms with van der Waals surface area (Å²) in [6.45, 7) is 5.70. The fourth-order valence-corrected chi connectivity index (χ4v) is 2.03. The van der Waals surface area contributed by atoms with Gasteiger partial charge in [-0.05, 0) is 36.8 Å². The Hall–Kier alpha value is -1.05. The molecule has 0 heterocycles. The molecule has 2 heteroatoms. The molecule has 0 fully saturated rings. The maximum Gasteiger partial charge on any atom is 0.130 e. The lowest BCUT2D eigenvalue weighted by atomic mass is 9.75. The van der Waals surface area contributed by atoms with E-state index in [9.17, 15) is 9.90 Å². The quantitative estimate of drug-likeness (QED) is 0.749. The van der Waals surface area contributed by atoms with Gasteiger partial charge in [-0.15, -0.1) is 0 Å². The van der Waals surface area contributed by atoms with Crippen LogP contribution in [-0.2, 0) is 4.79 Å². The van der Waals surface area contributed by atoms with E-state index in [4.69, 9.17) is 0 Å². The number of Topliss-reactive ketones (excluding diaryl/α,β-unsaturated/α-hetero) is 1. The van der Waals surface area contributed by atoms with Crippen LogP contribution in [0.5, 0.6) is 0 Å². The Morgan fingerprint density at radius 1 is 1.64 bits per heavy atom. The molecular weight excluding hydrogens is 176 g/mol. The van der Waals surface area contributed by atoms with Gasteiger partial charge in [0, 0.05) is 6.42 Å². The van der Waals surface area contributed by atoms with Gasteiger partial charge in [-0.25, -0.2) is 0 Å². The summed E-state index contributed by atoms with van der Waals surface area (Å²) in [5.74, 6) is 0.586. The zero-order valence-electron chi connectivity index (χ0n) is 9.13. The Morgan fingerprint density at radius 3 is 2.79 bits per heavy atom. The topological polar surface area (TPSA) is 37.3 Å². The van der Waals surface area contributed by atoms with Crippen LogP contribution in [0.4, 0.5) is 0 Å². The van der Waals surface area contributed by atoms with Crippen molar-refractivity contribution in [2.45, 2.75) is 40.0 Å². The number of rotatable bonds is 3. The van der Waals surface area contributed by atoms with Crippen LogP contribution in [0.25, 0.3) is 0 Å². The molecule has 0 aromatic rings. The van der Waals surface area contributed by atoms with Crippen molar-refractivity contribution in [2.24, 2.45) is 5.41 Å². The normalized spacial score (nSPS) is 26.8. The summed E-state index contributed by atoms with van der Waals surface area (Å²) < 4.78 is 0. The Balaban J connectivity index is 2.81. The van der Waals surface area contributed by atoms with Crippen LogP contribution in [0, 0.1) is 5.41 Å². The molecule has 1 aliphatic carbocycles. The Labute approximate surface area is 85.3 Å². The third kappa shape index (κ3) is 2.47. The summed E-state index contributed by atoms with van der Waals surface area (Å²) >= 11 is 0. The molecule has 0 amide bonds. The molecule has 0 bridgehead atoms. The van der Waals surface area contributed by atoms with Gasteiger partial charge < -0.3 is 5.11 Å². The SMILES string of the molecule is CCC1=C(O)C=CC(C)(CC(C)=O)C1. The largest absolute Gasteiger partial charge is 0.508 e. The Kier molecular flexibility index (Phi) is 3.14. The van der Waals surface area contributed by atoms with Gasteiger partial charge >= 0.3 is 0 Å². The van der Waals surface area contributed by atoms with E-state index in [0.717, 1.165) is 18.4 Å². The number of aliphatic hydroxyl groups is 1. The highest BCUT2D eigenvalue weighted by molar-refractivity contribution is 5.76. The second kappa shape index (κ2) is 3.99. The lowest BCUT2D eigenvalue weighted by Crippen LogP contribution is -2.21. The molecule has 0 saturated heterocycles. The number of hydrogen-bond acceptors (Lipinski definition) is 2. The van der Waals surface area contributed by atoms with Crippen molar-refractivity contribution in [2.75, 3.05) is 0 Å². The van der Waals surface area contributed by atoms with Gasteiger partial charge in [0.2, 0.25) is 0 Å². The van der Waals surface area contributed by atoms with Crippen molar-refractivity contribution in [1.82, 2.24) is 0 Å². The van der Waals surface area contributed by atoms with Gasteiger partial charge in [-0.3, -0.25) is 4.79 Å². The van der Waals surface area contributed by atoms with Gasteiger partial charge in [0.05, 0.1) is 0 Å². The lowest BCUT2D eigenvalue weighted by molar-refractivity contribution is -0.118. The number of ketones is 1. The van der Waals surface area contributed by atoms with Crippen molar-refractivity contribution >= 4 is 5.78 Å². The maximum absolute atomic E-state index is 11.1. The first kappa shape index (κ1) is 11.0. The minimum atomic E-state index is -0.0938. The van der Waals surface area contributed by atoms with Crippen LogP contribution in [0.1, 0.15) is 40.0 Å². The molecule has 0 aliphatic heterocycles. The van der Waals surface area contributed by atoms with Gasteiger partial charge in [-0.1, -0.05) is 19.9 Å². The first-order valence-corrected chi connectivity index (χ1v) is 5.06. The third-order valence-electron chi connectivity index (χ3n) is 2.70. The second-order valence-electron chi connectivity index (χ2n) is 4.39. The molecule has 78 valence electrons. The van der Waals surface area contributed by atoms with Crippen LogP contribution < -0.4 is 0 Å². The minimum absolute atomic E-state index is 0.0938. The molecule has 0 radical (unpaired) electrons. The summed E-state index contributed by atoms with van der Waals surface area (Å²) in [5.41, 5.74) is 0.958.